The van der Waals surface area contributed by atoms with Crippen LogP contribution in [0.25, 0.3) is 0 Å². The van der Waals surface area contributed by atoms with E-state index in [2.05, 4.69) is 18.3 Å². The number of hydrogen-bond acceptors (Lipinski definition) is 7. The van der Waals surface area contributed by atoms with Crippen LogP contribution in [-0.4, -0.2) is 50.7 Å². The van der Waals surface area contributed by atoms with Crippen molar-refractivity contribution in [3.63, 3.8) is 0 Å². The Morgan fingerprint density at radius 2 is 1.94 bits per heavy atom. The molecule has 188 valence electrons. The van der Waals surface area contributed by atoms with Gasteiger partial charge < -0.3 is 24.3 Å². The highest BCUT2D eigenvalue weighted by atomic mass is 16.5. The molecular formula is C27H33NO7. The Hall–Kier alpha value is -2.87. The van der Waals surface area contributed by atoms with Gasteiger partial charge in [0.1, 0.15) is 17.0 Å². The summed E-state index contributed by atoms with van der Waals surface area (Å²) >= 11 is 0. The van der Waals surface area contributed by atoms with Gasteiger partial charge in [0.25, 0.3) is 0 Å². The molecule has 5 aliphatic rings. The van der Waals surface area contributed by atoms with Crippen molar-refractivity contribution in [1.29, 1.82) is 0 Å². The number of anilines is 1. The third-order valence-electron chi connectivity index (χ3n) is 9.00. The average Bonchev–Trinajstić information content (AvgIpc) is 3.20. The largest absolute Gasteiger partial charge is 0.494 e. The highest BCUT2D eigenvalue weighted by Gasteiger charge is 2.71. The first-order valence-electron chi connectivity index (χ1n) is 12.2. The fourth-order valence-electron chi connectivity index (χ4n) is 7.55. The molecule has 1 aromatic carbocycles. The van der Waals surface area contributed by atoms with Crippen molar-refractivity contribution in [2.75, 3.05) is 26.6 Å². The van der Waals surface area contributed by atoms with Crippen molar-refractivity contribution in [3.8, 4) is 11.5 Å². The van der Waals surface area contributed by atoms with E-state index in [4.69, 9.17) is 18.9 Å². The molecule has 6 rings (SSSR count). The van der Waals surface area contributed by atoms with E-state index in [1.807, 2.05) is 6.92 Å². The average molecular weight is 484 g/mol. The summed E-state index contributed by atoms with van der Waals surface area (Å²) in [5, 5.41) is 2.85. The molecule has 0 radical (unpaired) electrons. The van der Waals surface area contributed by atoms with Crippen molar-refractivity contribution in [2.45, 2.75) is 57.7 Å². The first-order chi connectivity index (χ1) is 16.6. The van der Waals surface area contributed by atoms with Gasteiger partial charge in [0, 0.05) is 17.8 Å². The number of esters is 1. The Morgan fingerprint density at radius 3 is 2.60 bits per heavy atom. The summed E-state index contributed by atoms with van der Waals surface area (Å²) in [7, 11) is 4.16. The highest BCUT2D eigenvalue weighted by molar-refractivity contribution is 6.01. The maximum absolute atomic E-state index is 13.2. The SMILES string of the molecule is COC(=O)c1ccc(OC)c(NC(=O)CC[C@@]2(C)C(=O)C=C[C@@]34C[C@@H]5C[C@@H](O[C@]5(C)C3)[C@@H]42)c1OC. The van der Waals surface area contributed by atoms with E-state index in [-0.39, 0.29) is 58.1 Å². The first kappa shape index (κ1) is 23.9. The Balaban J connectivity index is 1.37. The third-order valence-corrected chi connectivity index (χ3v) is 9.00. The lowest BCUT2D eigenvalue weighted by atomic mass is 9.51. The van der Waals surface area contributed by atoms with Gasteiger partial charge in [-0.25, -0.2) is 4.79 Å². The van der Waals surface area contributed by atoms with E-state index in [9.17, 15) is 14.4 Å². The van der Waals surface area contributed by atoms with E-state index >= 15 is 0 Å². The lowest BCUT2D eigenvalue weighted by Crippen LogP contribution is -2.56. The van der Waals surface area contributed by atoms with Crippen LogP contribution in [0.2, 0.25) is 0 Å². The van der Waals surface area contributed by atoms with E-state index in [1.54, 1.807) is 12.1 Å². The van der Waals surface area contributed by atoms with Gasteiger partial charge in [0.05, 0.1) is 33.0 Å². The molecule has 1 amide bonds. The molecule has 4 fully saturated rings. The predicted octanol–water partition coefficient (Wildman–Crippen LogP) is 3.93. The third kappa shape index (κ3) is 3.40. The molecule has 1 aromatic rings. The van der Waals surface area contributed by atoms with Crippen molar-refractivity contribution >= 4 is 23.3 Å². The fourth-order valence-corrected chi connectivity index (χ4v) is 7.55. The lowest BCUT2D eigenvalue weighted by molar-refractivity contribution is -0.169. The van der Waals surface area contributed by atoms with Crippen LogP contribution >= 0.6 is 0 Å². The summed E-state index contributed by atoms with van der Waals surface area (Å²) in [6.07, 6.45) is 7.44. The lowest BCUT2D eigenvalue weighted by Gasteiger charge is -2.55. The maximum Gasteiger partial charge on any atom is 0.341 e. The van der Waals surface area contributed by atoms with Gasteiger partial charge in [-0.2, -0.15) is 0 Å². The molecule has 35 heavy (non-hydrogen) atoms. The number of rotatable bonds is 7. The number of methoxy groups -OCH3 is 3. The fraction of sp³-hybridized carbons (Fsp3) is 0.593. The van der Waals surface area contributed by atoms with Crippen molar-refractivity contribution in [1.82, 2.24) is 0 Å². The van der Waals surface area contributed by atoms with Crippen LogP contribution in [0.5, 0.6) is 11.5 Å². The zero-order chi connectivity index (χ0) is 25.2. The molecule has 2 saturated heterocycles. The zero-order valence-corrected chi connectivity index (χ0v) is 20.9. The summed E-state index contributed by atoms with van der Waals surface area (Å²) in [5.74, 6) is 0.313. The van der Waals surface area contributed by atoms with E-state index < -0.39 is 11.4 Å². The molecule has 6 atom stereocenters. The van der Waals surface area contributed by atoms with Crippen molar-refractivity contribution in [2.24, 2.45) is 22.7 Å². The van der Waals surface area contributed by atoms with Crippen LogP contribution < -0.4 is 14.8 Å². The second-order valence-electron chi connectivity index (χ2n) is 10.9. The number of allylic oxidation sites excluding steroid dienone is 2. The van der Waals surface area contributed by atoms with Gasteiger partial charge in [-0.3, -0.25) is 9.59 Å². The highest BCUT2D eigenvalue weighted by Crippen LogP contribution is 2.71. The first-order valence-corrected chi connectivity index (χ1v) is 12.2. The molecule has 8 nitrogen and oxygen atoms in total. The number of carbonyl (C=O) groups excluding carboxylic acids is 3. The normalized spacial score (nSPS) is 36.1. The van der Waals surface area contributed by atoms with Crippen LogP contribution in [-0.2, 0) is 19.1 Å². The van der Waals surface area contributed by atoms with E-state index in [0.717, 1.165) is 19.3 Å². The summed E-state index contributed by atoms with van der Waals surface area (Å²) in [6, 6.07) is 3.10. The number of ketones is 1. The van der Waals surface area contributed by atoms with Crippen LogP contribution in [0.4, 0.5) is 5.69 Å². The van der Waals surface area contributed by atoms with Gasteiger partial charge in [-0.05, 0) is 62.1 Å². The van der Waals surface area contributed by atoms with Gasteiger partial charge in [0.2, 0.25) is 5.91 Å². The molecule has 2 saturated carbocycles. The second kappa shape index (κ2) is 8.08. The van der Waals surface area contributed by atoms with Crippen molar-refractivity contribution < 1.29 is 33.3 Å². The Kier molecular flexibility index (Phi) is 5.51. The number of hydrogen-bond donors (Lipinski definition) is 1. The Bertz CT molecular complexity index is 1130. The Labute approximate surface area is 205 Å². The van der Waals surface area contributed by atoms with Crippen molar-refractivity contribution in [3.05, 3.63) is 29.8 Å². The number of nitrogens with one attached hydrogen (secondary N) is 1. The monoisotopic (exact) mass is 483 g/mol. The minimum Gasteiger partial charge on any atom is -0.494 e. The predicted molar refractivity (Wildman–Crippen MR) is 128 cm³/mol. The smallest absolute Gasteiger partial charge is 0.341 e. The van der Waals surface area contributed by atoms with Gasteiger partial charge in [0.15, 0.2) is 11.5 Å². The topological polar surface area (TPSA) is 100 Å². The quantitative estimate of drug-likeness (QED) is 0.587. The molecule has 1 spiro atoms. The van der Waals surface area contributed by atoms with Gasteiger partial charge in [-0.15, -0.1) is 0 Å². The zero-order valence-electron chi connectivity index (χ0n) is 20.9. The van der Waals surface area contributed by atoms with Crippen LogP contribution in [0.3, 0.4) is 0 Å². The van der Waals surface area contributed by atoms with Gasteiger partial charge in [-0.1, -0.05) is 13.0 Å². The van der Waals surface area contributed by atoms with E-state index in [1.165, 1.54) is 27.4 Å². The minimum atomic E-state index is -0.685. The summed E-state index contributed by atoms with van der Waals surface area (Å²) < 4.78 is 22.1. The molecule has 8 heteroatoms. The van der Waals surface area contributed by atoms with E-state index in [0.29, 0.717) is 18.1 Å². The van der Waals surface area contributed by atoms with Crippen LogP contribution in [0.1, 0.15) is 56.3 Å². The molecule has 2 aliphatic heterocycles. The Morgan fingerprint density at radius 1 is 1.17 bits per heavy atom. The summed E-state index contributed by atoms with van der Waals surface area (Å²) in [5.41, 5.74) is -0.372. The summed E-state index contributed by atoms with van der Waals surface area (Å²) in [4.78, 5) is 38.6. The molecule has 0 unspecified atom stereocenters. The van der Waals surface area contributed by atoms with Crippen LogP contribution in [0.15, 0.2) is 24.3 Å². The molecule has 3 aliphatic carbocycles. The number of ether oxygens (including phenoxy) is 4. The van der Waals surface area contributed by atoms with Crippen LogP contribution in [0, 0.1) is 22.7 Å². The minimum absolute atomic E-state index is 0.0268. The molecular weight excluding hydrogens is 450 g/mol. The summed E-state index contributed by atoms with van der Waals surface area (Å²) in [6.45, 7) is 4.20. The number of carbonyl (C=O) groups is 3. The second-order valence-corrected chi connectivity index (χ2v) is 10.9. The maximum atomic E-state index is 13.2. The molecule has 0 aromatic heterocycles. The molecule has 4 bridgehead atoms. The standard InChI is InChI=1S/C27H33NO7/c1-25(19(29)8-11-27-13-15-12-18(23(25)27)35-26(15,2)14-27)10-9-20(30)28-21-17(32-3)7-6-16(22(21)33-4)24(31)34-5/h6-8,11,15,18,23H,9-10,12-14H2,1-5H3,(H,28,30)/t15-,18+,23+,25-,26+,27+/m0/s1. The van der Waals surface area contributed by atoms with Gasteiger partial charge >= 0.3 is 5.97 Å². The number of amides is 1. The molecule has 1 N–H and O–H groups in total. The molecule has 2 heterocycles. The number of benzene rings is 1.